The van der Waals surface area contributed by atoms with Crippen LogP contribution in [-0.4, -0.2) is 4.98 Å². The number of nitrogens with one attached hydrogen (secondary N) is 2. The van der Waals surface area contributed by atoms with Gasteiger partial charge in [0, 0.05) is 34.3 Å². The van der Waals surface area contributed by atoms with Gasteiger partial charge in [-0.25, -0.2) is 0 Å². The normalized spacial score (nSPS) is 14.3. The van der Waals surface area contributed by atoms with Gasteiger partial charge >= 0.3 is 0 Å². The Morgan fingerprint density at radius 3 is 2.41 bits per heavy atom. The number of hydrogen-bond donors (Lipinski definition) is 2. The molecule has 0 saturated carbocycles. The molecule has 3 rings (SSSR count). The van der Waals surface area contributed by atoms with Crippen LogP contribution in [0.1, 0.15) is 18.2 Å². The van der Waals surface area contributed by atoms with Crippen LogP contribution in [-0.2, 0) is 0 Å². The molecular formula is C16H12Cl3N3. The van der Waals surface area contributed by atoms with Gasteiger partial charge in [-0.05, 0) is 30.7 Å². The molecule has 1 aliphatic rings. The summed E-state index contributed by atoms with van der Waals surface area (Å²) in [4.78, 5) is 4.37. The van der Waals surface area contributed by atoms with E-state index < -0.39 is 0 Å². The maximum atomic E-state index is 6.31. The lowest BCUT2D eigenvalue weighted by molar-refractivity contribution is 0.725. The predicted octanol–water partition coefficient (Wildman–Crippen LogP) is 4.92. The number of allylic oxidation sites excluding steroid dienone is 3. The number of benzene rings is 1. The lowest BCUT2D eigenvalue weighted by Gasteiger charge is -2.23. The zero-order valence-electron chi connectivity index (χ0n) is 11.6. The van der Waals surface area contributed by atoms with Crippen molar-refractivity contribution in [2.24, 2.45) is 0 Å². The topological polar surface area (TPSA) is 37.0 Å². The number of halogens is 3. The Kier molecular flexibility index (Phi) is 4.30. The van der Waals surface area contributed by atoms with Gasteiger partial charge in [0.15, 0.2) is 0 Å². The number of pyridine rings is 1. The predicted molar refractivity (Wildman–Crippen MR) is 92.6 cm³/mol. The minimum atomic E-state index is 0.502. The highest BCUT2D eigenvalue weighted by atomic mass is 35.5. The molecule has 3 nitrogen and oxygen atoms in total. The highest BCUT2D eigenvalue weighted by Gasteiger charge is 2.20. The first kappa shape index (κ1) is 15.2. The second kappa shape index (κ2) is 6.21. The van der Waals surface area contributed by atoms with E-state index in [0.717, 1.165) is 22.4 Å². The average molecular weight is 353 g/mol. The van der Waals surface area contributed by atoms with Crippen LogP contribution in [0.2, 0.25) is 15.1 Å². The van der Waals surface area contributed by atoms with E-state index in [-0.39, 0.29) is 0 Å². The van der Waals surface area contributed by atoms with E-state index in [9.17, 15) is 0 Å². The Morgan fingerprint density at radius 1 is 1.00 bits per heavy atom. The zero-order valence-corrected chi connectivity index (χ0v) is 13.9. The van der Waals surface area contributed by atoms with Crippen molar-refractivity contribution in [2.45, 2.75) is 6.92 Å². The van der Waals surface area contributed by atoms with Crippen molar-refractivity contribution in [2.75, 3.05) is 0 Å². The number of hydrogen-bond acceptors (Lipinski definition) is 3. The van der Waals surface area contributed by atoms with Gasteiger partial charge in [-0.3, -0.25) is 4.98 Å². The summed E-state index contributed by atoms with van der Waals surface area (Å²) >= 11 is 18.2. The number of aromatic nitrogens is 1. The molecule has 0 aliphatic carbocycles. The Hall–Kier alpha value is -1.68. The van der Waals surface area contributed by atoms with Crippen molar-refractivity contribution in [3.8, 4) is 0 Å². The summed E-state index contributed by atoms with van der Waals surface area (Å²) in [5.74, 6) is 0. The summed E-state index contributed by atoms with van der Waals surface area (Å²) in [7, 11) is 0. The van der Waals surface area contributed by atoms with E-state index in [0.29, 0.717) is 20.8 Å². The van der Waals surface area contributed by atoms with Gasteiger partial charge in [0.2, 0.25) is 0 Å². The third-order valence-electron chi connectivity index (χ3n) is 3.32. The Bertz CT molecular complexity index is 780. The van der Waals surface area contributed by atoms with Crippen LogP contribution >= 0.6 is 34.8 Å². The number of rotatable bonds is 2. The van der Waals surface area contributed by atoms with Crippen LogP contribution in [0.25, 0.3) is 11.1 Å². The van der Waals surface area contributed by atoms with Gasteiger partial charge in [-0.2, -0.15) is 0 Å². The molecule has 2 aromatic rings. The first-order valence-electron chi connectivity index (χ1n) is 6.56. The fourth-order valence-corrected chi connectivity index (χ4v) is 2.95. The van der Waals surface area contributed by atoms with E-state index in [4.69, 9.17) is 34.8 Å². The lowest BCUT2D eigenvalue weighted by atomic mass is 9.93. The van der Waals surface area contributed by atoms with Gasteiger partial charge in [-0.15, -0.1) is 0 Å². The molecule has 0 atom stereocenters. The molecule has 1 aromatic carbocycles. The Labute approximate surface area is 143 Å². The van der Waals surface area contributed by atoms with Crippen LogP contribution in [0.3, 0.4) is 0 Å². The summed E-state index contributed by atoms with van der Waals surface area (Å²) in [6, 6.07) is 9.32. The maximum Gasteiger partial charge on any atom is 0.0911 e. The van der Waals surface area contributed by atoms with E-state index in [1.54, 1.807) is 12.3 Å². The van der Waals surface area contributed by atoms with Gasteiger partial charge in [-0.1, -0.05) is 46.9 Å². The van der Waals surface area contributed by atoms with E-state index in [2.05, 4.69) is 15.8 Å². The van der Waals surface area contributed by atoms with Crippen LogP contribution < -0.4 is 10.9 Å². The summed E-state index contributed by atoms with van der Waals surface area (Å²) in [6.07, 6.45) is 3.42. The van der Waals surface area contributed by atoms with Gasteiger partial charge in [0.05, 0.1) is 15.7 Å². The van der Waals surface area contributed by atoms with E-state index in [1.807, 2.05) is 37.4 Å². The summed E-state index contributed by atoms with van der Waals surface area (Å²) in [5.41, 5.74) is 10.7. The molecule has 112 valence electrons. The molecule has 0 saturated heterocycles. The molecule has 0 spiro atoms. The van der Waals surface area contributed by atoms with Crippen LogP contribution in [0.15, 0.2) is 48.4 Å². The van der Waals surface area contributed by atoms with Crippen molar-refractivity contribution in [3.63, 3.8) is 0 Å². The second-order valence-electron chi connectivity index (χ2n) is 4.82. The molecule has 0 radical (unpaired) electrons. The quantitative estimate of drug-likeness (QED) is 0.805. The minimum Gasteiger partial charge on any atom is -0.308 e. The first-order chi connectivity index (χ1) is 10.6. The molecule has 6 heteroatoms. The Balaban J connectivity index is 2.13. The maximum absolute atomic E-state index is 6.31. The first-order valence-corrected chi connectivity index (χ1v) is 7.70. The smallest absolute Gasteiger partial charge is 0.0911 e. The van der Waals surface area contributed by atoms with Crippen molar-refractivity contribution in [1.29, 1.82) is 0 Å². The molecule has 0 fully saturated rings. The molecular weight excluding hydrogens is 341 g/mol. The van der Waals surface area contributed by atoms with Crippen LogP contribution in [0, 0.1) is 0 Å². The Morgan fingerprint density at radius 2 is 1.73 bits per heavy atom. The SMILES string of the molecule is CC1=C(c2ccc(Cl)cc2)C(c2ncc(Cl)cc2Cl)=CNN1. The summed E-state index contributed by atoms with van der Waals surface area (Å²) in [5, 5.41) is 1.70. The fourth-order valence-electron chi connectivity index (χ4n) is 2.34. The third-order valence-corrected chi connectivity index (χ3v) is 4.06. The fraction of sp³-hybridized carbons (Fsp3) is 0.0625. The van der Waals surface area contributed by atoms with Crippen molar-refractivity contribution < 1.29 is 0 Å². The van der Waals surface area contributed by atoms with E-state index >= 15 is 0 Å². The number of hydrazine groups is 1. The van der Waals surface area contributed by atoms with Crippen molar-refractivity contribution in [3.05, 3.63) is 74.8 Å². The minimum absolute atomic E-state index is 0.502. The standard InChI is InChI=1S/C16H12Cl3N3/c1-9-15(10-2-4-11(17)5-3-10)13(8-21-22-9)16-14(19)6-12(18)7-20-16/h2-8,21-22H,1H3. The molecule has 0 amide bonds. The summed E-state index contributed by atoms with van der Waals surface area (Å²) < 4.78 is 0. The van der Waals surface area contributed by atoms with Gasteiger partial charge in [0.1, 0.15) is 0 Å². The van der Waals surface area contributed by atoms with Crippen molar-refractivity contribution >= 4 is 45.9 Å². The van der Waals surface area contributed by atoms with Crippen LogP contribution in [0.4, 0.5) is 0 Å². The molecule has 1 aliphatic heterocycles. The molecule has 0 bridgehead atoms. The largest absolute Gasteiger partial charge is 0.308 e. The third kappa shape index (κ3) is 2.93. The van der Waals surface area contributed by atoms with Gasteiger partial charge in [0.25, 0.3) is 0 Å². The average Bonchev–Trinajstić information content (AvgIpc) is 2.48. The van der Waals surface area contributed by atoms with Gasteiger partial charge < -0.3 is 10.9 Å². The number of nitrogens with zero attached hydrogens (tertiary/aromatic N) is 1. The molecule has 2 heterocycles. The monoisotopic (exact) mass is 351 g/mol. The molecule has 0 unspecified atom stereocenters. The second-order valence-corrected chi connectivity index (χ2v) is 6.10. The lowest BCUT2D eigenvalue weighted by Crippen LogP contribution is -2.29. The van der Waals surface area contributed by atoms with Crippen LogP contribution in [0.5, 0.6) is 0 Å². The zero-order chi connectivity index (χ0) is 15.7. The van der Waals surface area contributed by atoms with Crippen molar-refractivity contribution in [1.82, 2.24) is 15.8 Å². The molecule has 22 heavy (non-hydrogen) atoms. The van der Waals surface area contributed by atoms with E-state index in [1.165, 1.54) is 0 Å². The molecule has 1 aromatic heterocycles. The highest BCUT2D eigenvalue weighted by Crippen LogP contribution is 2.37. The molecule has 2 N–H and O–H groups in total. The highest BCUT2D eigenvalue weighted by molar-refractivity contribution is 6.36. The summed E-state index contributed by atoms with van der Waals surface area (Å²) in [6.45, 7) is 1.98.